The van der Waals surface area contributed by atoms with Gasteiger partial charge in [0.1, 0.15) is 11.2 Å². The third-order valence-corrected chi connectivity index (χ3v) is 7.59. The number of anilines is 1. The van der Waals surface area contributed by atoms with Crippen molar-refractivity contribution in [3.63, 3.8) is 0 Å². The van der Waals surface area contributed by atoms with Crippen LogP contribution in [0.4, 0.5) is 10.2 Å². The minimum atomic E-state index is -1.36. The van der Waals surface area contributed by atoms with Gasteiger partial charge in [0, 0.05) is 32.9 Å². The molecular weight excluding hydrogens is 467 g/mol. The van der Waals surface area contributed by atoms with Crippen molar-refractivity contribution < 1.29 is 23.8 Å². The van der Waals surface area contributed by atoms with Crippen molar-refractivity contribution in [2.45, 2.75) is 58.3 Å². The molecule has 9 nitrogen and oxygen atoms in total. The predicted molar refractivity (Wildman–Crippen MR) is 135 cm³/mol. The van der Waals surface area contributed by atoms with Gasteiger partial charge in [-0.05, 0) is 63.6 Å². The summed E-state index contributed by atoms with van der Waals surface area (Å²) in [6.07, 6.45) is 7.77. The minimum absolute atomic E-state index is 0.0483. The van der Waals surface area contributed by atoms with Gasteiger partial charge in [0.2, 0.25) is 5.43 Å². The summed E-state index contributed by atoms with van der Waals surface area (Å²) >= 11 is 0. The summed E-state index contributed by atoms with van der Waals surface area (Å²) in [6.45, 7) is 5.84. The molecule has 2 fully saturated rings. The number of halogens is 1. The summed E-state index contributed by atoms with van der Waals surface area (Å²) in [4.78, 5) is 30.9. The second kappa shape index (κ2) is 12.1. The van der Waals surface area contributed by atoms with E-state index in [1.807, 2.05) is 4.90 Å². The molecule has 2 aromatic heterocycles. The number of carboxylic acid groups (broad SMARTS) is 1. The van der Waals surface area contributed by atoms with Gasteiger partial charge in [-0.15, -0.1) is 0 Å². The van der Waals surface area contributed by atoms with Gasteiger partial charge in [-0.1, -0.05) is 12.8 Å². The normalized spacial score (nSPS) is 18.6. The standard InChI is InChI=1S/C26H37FN4O5/c1-17(35-2)36-14-13-31-16-21(26(33)34)23(32)20-15-22(27)25(29-24(20)31)30-11-7-19(8-12-30)4-3-18-5-9-28-10-6-18/h15-19,28H,3-14H2,1-2H3,(H,33,34). The Morgan fingerprint density at radius 1 is 1.22 bits per heavy atom. The van der Waals surface area contributed by atoms with Crippen LogP contribution in [0.5, 0.6) is 0 Å². The molecule has 36 heavy (non-hydrogen) atoms. The summed E-state index contributed by atoms with van der Waals surface area (Å²) in [6, 6.07) is 1.13. The number of aromatic carboxylic acids is 1. The highest BCUT2D eigenvalue weighted by Crippen LogP contribution is 2.30. The first-order valence-electron chi connectivity index (χ1n) is 12.9. The Bertz CT molecular complexity index is 1110. The second-order valence-corrected chi connectivity index (χ2v) is 9.91. The highest BCUT2D eigenvalue weighted by atomic mass is 19.1. The lowest BCUT2D eigenvalue weighted by Gasteiger charge is -2.34. The van der Waals surface area contributed by atoms with E-state index in [9.17, 15) is 14.7 Å². The largest absolute Gasteiger partial charge is 0.477 e. The molecule has 2 aliphatic heterocycles. The molecule has 0 amide bonds. The highest BCUT2D eigenvalue weighted by Gasteiger charge is 2.25. The molecule has 10 heteroatoms. The molecule has 2 N–H and O–H groups in total. The molecule has 1 atom stereocenters. The molecule has 198 valence electrons. The number of carboxylic acids is 1. The zero-order valence-electron chi connectivity index (χ0n) is 21.2. The van der Waals surface area contributed by atoms with Gasteiger partial charge in [0.05, 0.1) is 12.0 Å². The van der Waals surface area contributed by atoms with E-state index in [0.717, 1.165) is 37.9 Å². The van der Waals surface area contributed by atoms with E-state index in [0.29, 0.717) is 19.0 Å². The molecule has 2 aromatic rings. The molecule has 2 saturated heterocycles. The molecule has 4 heterocycles. The van der Waals surface area contributed by atoms with Crippen molar-refractivity contribution in [3.05, 3.63) is 33.9 Å². The molecule has 0 aromatic carbocycles. The van der Waals surface area contributed by atoms with Crippen LogP contribution in [-0.4, -0.2) is 66.8 Å². The fraction of sp³-hybridized carbons (Fsp3) is 0.654. The summed E-state index contributed by atoms with van der Waals surface area (Å²) < 4.78 is 27.4. The summed E-state index contributed by atoms with van der Waals surface area (Å²) in [5, 5.41) is 12.9. The number of hydrogen-bond donors (Lipinski definition) is 2. The van der Waals surface area contributed by atoms with Gasteiger partial charge in [0.25, 0.3) is 0 Å². The van der Waals surface area contributed by atoms with E-state index < -0.39 is 29.1 Å². The van der Waals surface area contributed by atoms with Crippen LogP contribution in [0.15, 0.2) is 17.1 Å². The van der Waals surface area contributed by atoms with E-state index in [1.54, 1.807) is 11.5 Å². The van der Waals surface area contributed by atoms with Crippen LogP contribution in [0.1, 0.15) is 55.8 Å². The monoisotopic (exact) mass is 504 g/mol. The average Bonchev–Trinajstić information content (AvgIpc) is 2.89. The smallest absolute Gasteiger partial charge is 0.341 e. The molecule has 4 rings (SSSR count). The van der Waals surface area contributed by atoms with Gasteiger partial charge in [-0.25, -0.2) is 14.2 Å². The van der Waals surface area contributed by atoms with Crippen LogP contribution in [0.2, 0.25) is 0 Å². The Hall–Kier alpha value is -2.56. The number of carbonyl (C=O) groups is 1. The lowest BCUT2D eigenvalue weighted by atomic mass is 9.85. The van der Waals surface area contributed by atoms with Gasteiger partial charge >= 0.3 is 5.97 Å². The lowest BCUT2D eigenvalue weighted by molar-refractivity contribution is -0.112. The van der Waals surface area contributed by atoms with Crippen molar-refractivity contribution in [2.75, 3.05) is 44.8 Å². The number of piperidine rings is 2. The zero-order chi connectivity index (χ0) is 25.7. The molecule has 0 bridgehead atoms. The molecule has 0 spiro atoms. The van der Waals surface area contributed by atoms with Crippen molar-refractivity contribution in [2.24, 2.45) is 11.8 Å². The van der Waals surface area contributed by atoms with Gasteiger partial charge < -0.3 is 29.4 Å². The molecule has 1 unspecified atom stereocenters. The number of hydrogen-bond acceptors (Lipinski definition) is 7. The maximum Gasteiger partial charge on any atom is 0.341 e. The number of nitrogens with zero attached hydrogens (tertiary/aromatic N) is 3. The van der Waals surface area contributed by atoms with Crippen molar-refractivity contribution >= 4 is 22.8 Å². The third kappa shape index (κ3) is 6.22. The van der Waals surface area contributed by atoms with E-state index >= 15 is 4.39 Å². The number of methoxy groups -OCH3 is 1. The number of aromatic nitrogens is 2. The molecule has 2 aliphatic rings. The Morgan fingerprint density at radius 3 is 2.53 bits per heavy atom. The maximum atomic E-state index is 15.2. The number of pyridine rings is 2. The van der Waals surface area contributed by atoms with Crippen LogP contribution < -0.4 is 15.6 Å². The van der Waals surface area contributed by atoms with E-state index in [4.69, 9.17) is 9.47 Å². The van der Waals surface area contributed by atoms with Crippen LogP contribution >= 0.6 is 0 Å². The number of nitrogens with one attached hydrogen (secondary N) is 1. The van der Waals surface area contributed by atoms with Crippen LogP contribution in [-0.2, 0) is 16.0 Å². The van der Waals surface area contributed by atoms with Crippen LogP contribution in [0.3, 0.4) is 0 Å². The Labute approximate surface area is 210 Å². The lowest BCUT2D eigenvalue weighted by Crippen LogP contribution is -2.35. The van der Waals surface area contributed by atoms with Crippen molar-refractivity contribution in [1.82, 2.24) is 14.9 Å². The highest BCUT2D eigenvalue weighted by molar-refractivity contribution is 5.92. The van der Waals surface area contributed by atoms with Crippen LogP contribution in [0.25, 0.3) is 11.0 Å². The van der Waals surface area contributed by atoms with E-state index in [1.165, 1.54) is 39.0 Å². The molecule has 0 saturated carbocycles. The number of fused-ring (bicyclic) bond motifs is 1. The average molecular weight is 505 g/mol. The maximum absolute atomic E-state index is 15.2. The van der Waals surface area contributed by atoms with Gasteiger partial charge in [0.15, 0.2) is 17.9 Å². The topological polar surface area (TPSA) is 106 Å². The number of ether oxygens (including phenoxy) is 2. The molecule has 0 aliphatic carbocycles. The molecule has 0 radical (unpaired) electrons. The zero-order valence-corrected chi connectivity index (χ0v) is 21.2. The summed E-state index contributed by atoms with van der Waals surface area (Å²) in [5.41, 5.74) is -0.914. The second-order valence-electron chi connectivity index (χ2n) is 9.91. The summed E-state index contributed by atoms with van der Waals surface area (Å²) in [5.74, 6) is -0.311. The molecular formula is C26H37FN4O5. The van der Waals surface area contributed by atoms with Crippen molar-refractivity contribution in [3.8, 4) is 0 Å². The Morgan fingerprint density at radius 2 is 1.89 bits per heavy atom. The minimum Gasteiger partial charge on any atom is -0.477 e. The summed E-state index contributed by atoms with van der Waals surface area (Å²) in [7, 11) is 1.52. The first-order chi connectivity index (χ1) is 17.4. The fourth-order valence-electron chi connectivity index (χ4n) is 5.28. The van der Waals surface area contributed by atoms with Crippen LogP contribution in [0, 0.1) is 17.7 Å². The predicted octanol–water partition coefficient (Wildman–Crippen LogP) is 3.24. The Kier molecular flexibility index (Phi) is 8.92. The third-order valence-electron chi connectivity index (χ3n) is 7.59. The van der Waals surface area contributed by atoms with Crippen molar-refractivity contribution in [1.29, 1.82) is 0 Å². The van der Waals surface area contributed by atoms with Gasteiger partial charge in [-0.3, -0.25) is 4.79 Å². The SMILES string of the molecule is COC(C)OCCn1cc(C(=O)O)c(=O)c2cc(F)c(N3CCC(CCC4CCNCC4)CC3)nc21. The Balaban J connectivity index is 1.51. The quantitative estimate of drug-likeness (QED) is 0.475. The first kappa shape index (κ1) is 26.5. The number of rotatable bonds is 10. The first-order valence-corrected chi connectivity index (χ1v) is 12.9. The fourth-order valence-corrected chi connectivity index (χ4v) is 5.28. The van der Waals surface area contributed by atoms with Gasteiger partial charge in [-0.2, -0.15) is 0 Å². The van der Waals surface area contributed by atoms with E-state index in [-0.39, 0.29) is 30.0 Å². The van der Waals surface area contributed by atoms with E-state index in [2.05, 4.69) is 10.3 Å².